The number of imidazole rings is 1. The Kier molecular flexibility index (Phi) is 4.09. The summed E-state index contributed by atoms with van der Waals surface area (Å²) in [6.07, 6.45) is 1.40. The Morgan fingerprint density at radius 1 is 1.32 bits per heavy atom. The maximum absolute atomic E-state index is 12.4. The number of hydrogen-bond acceptors (Lipinski definition) is 6. The van der Waals surface area contributed by atoms with Gasteiger partial charge >= 0.3 is 0 Å². The average molecular weight is 364 g/mol. The Labute approximate surface area is 142 Å². The van der Waals surface area contributed by atoms with Crippen LogP contribution in [0.3, 0.4) is 0 Å². The minimum atomic E-state index is -4.47. The predicted octanol–water partition coefficient (Wildman–Crippen LogP) is 1.30. The number of rotatable bonds is 4. The highest BCUT2D eigenvalue weighted by atomic mass is 32.2. The minimum absolute atomic E-state index is 0.0251. The van der Waals surface area contributed by atoms with E-state index in [9.17, 15) is 22.9 Å². The number of aromatic amines is 1. The van der Waals surface area contributed by atoms with Crippen molar-refractivity contribution in [3.8, 4) is 17.1 Å². The first-order valence-electron chi connectivity index (χ1n) is 7.51. The fourth-order valence-electron chi connectivity index (χ4n) is 2.61. The van der Waals surface area contributed by atoms with E-state index in [4.69, 9.17) is 0 Å². The molecule has 0 aliphatic rings. The second-order valence-electron chi connectivity index (χ2n) is 5.58. The van der Waals surface area contributed by atoms with Gasteiger partial charge in [-0.3, -0.25) is 9.35 Å². The van der Waals surface area contributed by atoms with E-state index in [1.165, 1.54) is 4.52 Å². The van der Waals surface area contributed by atoms with Crippen LogP contribution in [0.4, 0.5) is 0 Å². The number of phenols is 1. The fraction of sp³-hybridized carbons (Fsp3) is 0.267. The van der Waals surface area contributed by atoms with Gasteiger partial charge < -0.3 is 10.1 Å². The summed E-state index contributed by atoms with van der Waals surface area (Å²) >= 11 is 0. The zero-order valence-corrected chi connectivity index (χ0v) is 14.3. The fourth-order valence-corrected chi connectivity index (χ4v) is 3.11. The van der Waals surface area contributed by atoms with E-state index in [0.717, 1.165) is 24.6 Å². The lowest BCUT2D eigenvalue weighted by Gasteiger charge is -2.07. The number of nitrogens with one attached hydrogen (secondary N) is 1. The molecule has 9 nitrogen and oxygen atoms in total. The lowest BCUT2D eigenvalue weighted by Crippen LogP contribution is -2.15. The number of benzene rings is 1. The molecule has 0 bridgehead atoms. The molecule has 0 unspecified atom stereocenters. The lowest BCUT2D eigenvalue weighted by molar-refractivity contribution is 0.474. The third-order valence-corrected chi connectivity index (χ3v) is 4.59. The third-order valence-electron chi connectivity index (χ3n) is 3.74. The monoisotopic (exact) mass is 364 g/mol. The van der Waals surface area contributed by atoms with Gasteiger partial charge in [-0.05, 0) is 31.5 Å². The van der Waals surface area contributed by atoms with Crippen LogP contribution in [0, 0.1) is 6.92 Å². The van der Waals surface area contributed by atoms with Crippen molar-refractivity contribution in [2.75, 3.05) is 0 Å². The summed E-state index contributed by atoms with van der Waals surface area (Å²) in [4.78, 5) is 18.8. The highest BCUT2D eigenvalue weighted by molar-refractivity contribution is 7.85. The number of nitrogens with zero attached hydrogens (tertiary/aromatic N) is 3. The Hall–Kier alpha value is -2.72. The molecule has 0 aliphatic carbocycles. The van der Waals surface area contributed by atoms with Gasteiger partial charge in [-0.25, -0.2) is 9.50 Å². The summed E-state index contributed by atoms with van der Waals surface area (Å²) in [5.41, 5.74) is 0.328. The summed E-state index contributed by atoms with van der Waals surface area (Å²) < 4.78 is 33.2. The number of aromatic hydroxyl groups is 1. The first-order valence-corrected chi connectivity index (χ1v) is 8.95. The molecule has 0 saturated heterocycles. The molecular weight excluding hydrogens is 348 g/mol. The van der Waals surface area contributed by atoms with Gasteiger partial charge in [0.1, 0.15) is 11.6 Å². The van der Waals surface area contributed by atoms with Gasteiger partial charge in [0, 0.05) is 6.42 Å². The van der Waals surface area contributed by atoms with E-state index < -0.39 is 20.6 Å². The van der Waals surface area contributed by atoms with Gasteiger partial charge in [0.2, 0.25) is 0 Å². The summed E-state index contributed by atoms with van der Waals surface area (Å²) in [7, 11) is -4.47. The summed E-state index contributed by atoms with van der Waals surface area (Å²) in [6, 6.07) is 3.20. The molecule has 1 aromatic carbocycles. The SMILES string of the molecule is CCCc1nc(C)c2c(=O)[nH]c(-c3cc(S(=O)(=O)O)ccc3O)nn12. The largest absolute Gasteiger partial charge is 0.507 e. The van der Waals surface area contributed by atoms with Crippen molar-refractivity contribution in [3.63, 3.8) is 0 Å². The zero-order chi connectivity index (χ0) is 18.4. The van der Waals surface area contributed by atoms with Gasteiger partial charge in [0.25, 0.3) is 15.7 Å². The molecule has 0 atom stereocenters. The second kappa shape index (κ2) is 5.97. The van der Waals surface area contributed by atoms with Gasteiger partial charge in [-0.1, -0.05) is 6.92 Å². The number of aryl methyl sites for hydroxylation is 2. The van der Waals surface area contributed by atoms with Gasteiger partial charge in [0.05, 0.1) is 16.2 Å². The number of hydrogen-bond donors (Lipinski definition) is 3. The van der Waals surface area contributed by atoms with E-state index in [-0.39, 0.29) is 22.7 Å². The van der Waals surface area contributed by atoms with E-state index >= 15 is 0 Å². The predicted molar refractivity (Wildman–Crippen MR) is 89.3 cm³/mol. The zero-order valence-electron chi connectivity index (χ0n) is 13.5. The molecule has 132 valence electrons. The minimum Gasteiger partial charge on any atom is -0.507 e. The summed E-state index contributed by atoms with van der Waals surface area (Å²) in [5, 5.41) is 14.3. The molecule has 0 fully saturated rings. The van der Waals surface area contributed by atoms with Crippen LogP contribution in [-0.4, -0.2) is 37.7 Å². The van der Waals surface area contributed by atoms with Crippen LogP contribution in [0.1, 0.15) is 24.9 Å². The van der Waals surface area contributed by atoms with Crippen molar-refractivity contribution in [2.45, 2.75) is 31.6 Å². The molecule has 0 radical (unpaired) electrons. The average Bonchev–Trinajstić information content (AvgIpc) is 2.83. The number of H-pyrrole nitrogens is 1. The van der Waals surface area contributed by atoms with Crippen LogP contribution in [0.2, 0.25) is 0 Å². The quantitative estimate of drug-likeness (QED) is 0.593. The lowest BCUT2D eigenvalue weighted by atomic mass is 10.2. The molecule has 10 heteroatoms. The van der Waals surface area contributed by atoms with E-state index in [1.54, 1.807) is 6.92 Å². The van der Waals surface area contributed by atoms with Crippen molar-refractivity contribution < 1.29 is 18.1 Å². The van der Waals surface area contributed by atoms with Crippen LogP contribution < -0.4 is 5.56 Å². The van der Waals surface area contributed by atoms with E-state index in [2.05, 4.69) is 15.1 Å². The van der Waals surface area contributed by atoms with E-state index in [1.807, 2.05) is 6.92 Å². The van der Waals surface area contributed by atoms with Crippen molar-refractivity contribution in [1.29, 1.82) is 0 Å². The van der Waals surface area contributed by atoms with Crippen LogP contribution in [-0.2, 0) is 16.5 Å². The normalized spacial score (nSPS) is 12.0. The highest BCUT2D eigenvalue weighted by Gasteiger charge is 2.18. The molecule has 0 spiro atoms. The topological polar surface area (TPSA) is 138 Å². The Morgan fingerprint density at radius 3 is 2.68 bits per heavy atom. The number of fused-ring (bicyclic) bond motifs is 1. The molecule has 25 heavy (non-hydrogen) atoms. The molecule has 2 aromatic heterocycles. The van der Waals surface area contributed by atoms with Gasteiger partial charge in [-0.2, -0.15) is 8.42 Å². The maximum atomic E-state index is 12.4. The van der Waals surface area contributed by atoms with Crippen LogP contribution >= 0.6 is 0 Å². The number of aromatic nitrogens is 4. The smallest absolute Gasteiger partial charge is 0.294 e. The number of phenolic OH excluding ortho intramolecular Hbond substituents is 1. The molecule has 2 heterocycles. The van der Waals surface area contributed by atoms with Crippen LogP contribution in [0.25, 0.3) is 16.9 Å². The molecule has 0 amide bonds. The summed E-state index contributed by atoms with van der Waals surface area (Å²) in [6.45, 7) is 3.66. The van der Waals surface area contributed by atoms with Crippen molar-refractivity contribution in [3.05, 3.63) is 40.1 Å². The summed E-state index contributed by atoms with van der Waals surface area (Å²) in [5.74, 6) is 0.270. The van der Waals surface area contributed by atoms with Crippen molar-refractivity contribution >= 4 is 15.6 Å². The van der Waals surface area contributed by atoms with Gasteiger partial charge in [0.15, 0.2) is 11.3 Å². The standard InChI is InChI=1S/C15H16N4O5S/c1-3-4-12-16-8(2)13-15(21)17-14(18-19(12)13)10-7-9(25(22,23)24)5-6-11(10)20/h5-7,20H,3-4H2,1-2H3,(H,17,18,21)(H,22,23,24). The Bertz CT molecular complexity index is 1130. The van der Waals surface area contributed by atoms with Gasteiger partial charge in [-0.15, -0.1) is 5.10 Å². The molecule has 3 rings (SSSR count). The molecule has 3 aromatic rings. The van der Waals surface area contributed by atoms with Crippen LogP contribution in [0.5, 0.6) is 5.75 Å². The molecular formula is C15H16N4O5S. The Balaban J connectivity index is 2.30. The second-order valence-corrected chi connectivity index (χ2v) is 7.00. The van der Waals surface area contributed by atoms with E-state index in [0.29, 0.717) is 17.9 Å². The van der Waals surface area contributed by atoms with Crippen molar-refractivity contribution in [1.82, 2.24) is 19.6 Å². The first kappa shape index (κ1) is 17.1. The molecule has 3 N–H and O–H groups in total. The van der Waals surface area contributed by atoms with Crippen LogP contribution in [0.15, 0.2) is 27.9 Å². The Morgan fingerprint density at radius 2 is 2.04 bits per heavy atom. The van der Waals surface area contributed by atoms with Crippen molar-refractivity contribution in [2.24, 2.45) is 0 Å². The highest BCUT2D eigenvalue weighted by Crippen LogP contribution is 2.28. The maximum Gasteiger partial charge on any atom is 0.294 e. The third kappa shape index (κ3) is 3.01. The first-order chi connectivity index (χ1) is 11.7. The molecule has 0 aliphatic heterocycles. The molecule has 0 saturated carbocycles.